The third kappa shape index (κ3) is 11.3. The monoisotopic (exact) mass is 830 g/mol. The molecular weight excluding hydrogens is 775 g/mol. The number of nitrogen functional groups attached to an aromatic ring is 1. The van der Waals surface area contributed by atoms with E-state index in [9.17, 15) is 24.2 Å². The van der Waals surface area contributed by atoms with E-state index >= 15 is 0 Å². The number of nitriles is 1. The maximum absolute atomic E-state index is 14.7. The molecule has 3 aromatic rings. The molecule has 1 saturated heterocycles. The Labute approximate surface area is 338 Å². The van der Waals surface area contributed by atoms with Crippen LogP contribution < -0.4 is 15.3 Å². The molecule has 1 fully saturated rings. The van der Waals surface area contributed by atoms with Crippen molar-refractivity contribution in [2.75, 3.05) is 45.4 Å². The number of carbonyl (C=O) groups is 3. The molecule has 58 heavy (non-hydrogen) atoms. The molecule has 0 bridgehead atoms. The number of nitrogens with two attached hydrogens (primary N) is 1. The molecule has 0 radical (unpaired) electrons. The van der Waals surface area contributed by atoms with Gasteiger partial charge in [-0.3, -0.25) is 18.9 Å². The Hall–Kier alpha value is -4.63. The van der Waals surface area contributed by atoms with Crippen molar-refractivity contribution in [1.82, 2.24) is 19.7 Å². The van der Waals surface area contributed by atoms with Gasteiger partial charge in [0.1, 0.15) is 42.4 Å². The van der Waals surface area contributed by atoms with Crippen LogP contribution in [0.15, 0.2) is 42.7 Å². The lowest BCUT2D eigenvalue weighted by Crippen LogP contribution is -2.47. The van der Waals surface area contributed by atoms with E-state index in [-0.39, 0.29) is 35.9 Å². The highest BCUT2D eigenvalue weighted by molar-refractivity contribution is 7.52. The molecule has 318 valence electrons. The lowest BCUT2D eigenvalue weighted by Gasteiger charge is -2.29. The molecule has 2 aromatic heterocycles. The lowest BCUT2D eigenvalue weighted by molar-refractivity contribution is -0.173. The molecule has 0 aliphatic carbocycles. The SMILES string of the molecule is CCOCCOCCOC(=O)[C@H](C)NP(=O)(OC[C@H]1O[C@@](C#N)(c2ccc3c(N)ncnn23)[C@H](OC(=O)C(C)C)[C@@H]1OC(=O)C(C)C)Oc1ccc(C(C)(C)C)cc1. The molecule has 4 rings (SSSR count). The first kappa shape index (κ1) is 46.1. The molecule has 6 atom stereocenters. The Morgan fingerprint density at radius 1 is 0.966 bits per heavy atom. The van der Waals surface area contributed by atoms with Crippen LogP contribution in [0.2, 0.25) is 0 Å². The minimum atomic E-state index is -4.57. The zero-order chi connectivity index (χ0) is 42.8. The van der Waals surface area contributed by atoms with Gasteiger partial charge in [-0.25, -0.2) is 14.1 Å². The van der Waals surface area contributed by atoms with Crippen molar-refractivity contribution >= 4 is 37.0 Å². The van der Waals surface area contributed by atoms with Gasteiger partial charge >= 0.3 is 25.7 Å². The number of hydrogen-bond acceptors (Lipinski definition) is 16. The number of carbonyl (C=O) groups excluding carboxylic acids is 3. The molecule has 19 heteroatoms. The van der Waals surface area contributed by atoms with Crippen molar-refractivity contribution in [2.24, 2.45) is 11.8 Å². The van der Waals surface area contributed by atoms with Crippen LogP contribution in [0.5, 0.6) is 5.75 Å². The third-order valence-electron chi connectivity index (χ3n) is 8.98. The molecule has 0 spiro atoms. The molecule has 1 unspecified atom stereocenters. The number of hydrogen-bond donors (Lipinski definition) is 2. The van der Waals surface area contributed by atoms with Crippen LogP contribution in [-0.4, -0.2) is 96.5 Å². The predicted octanol–water partition coefficient (Wildman–Crippen LogP) is 4.64. The van der Waals surface area contributed by atoms with Gasteiger partial charge in [-0.05, 0) is 49.1 Å². The van der Waals surface area contributed by atoms with Crippen molar-refractivity contribution in [3.8, 4) is 11.8 Å². The van der Waals surface area contributed by atoms with Gasteiger partial charge in [0.05, 0.1) is 44.0 Å². The number of esters is 3. The quantitative estimate of drug-likeness (QED) is 0.0683. The fourth-order valence-electron chi connectivity index (χ4n) is 5.73. The number of rotatable bonds is 20. The Bertz CT molecular complexity index is 1960. The van der Waals surface area contributed by atoms with Gasteiger partial charge in [-0.2, -0.15) is 15.4 Å². The van der Waals surface area contributed by atoms with Gasteiger partial charge in [0.25, 0.3) is 0 Å². The summed E-state index contributed by atoms with van der Waals surface area (Å²) in [5.74, 6) is -3.32. The first-order chi connectivity index (χ1) is 27.4. The van der Waals surface area contributed by atoms with Crippen molar-refractivity contribution < 1.29 is 56.4 Å². The minimum Gasteiger partial charge on any atom is -0.462 e. The van der Waals surface area contributed by atoms with E-state index in [0.29, 0.717) is 25.3 Å². The van der Waals surface area contributed by atoms with Gasteiger partial charge in [0, 0.05) is 6.61 Å². The molecule has 1 aliphatic rings. The van der Waals surface area contributed by atoms with Crippen LogP contribution in [0.4, 0.5) is 5.82 Å². The summed E-state index contributed by atoms with van der Waals surface area (Å²) in [6, 6.07) is 10.8. The Morgan fingerprint density at radius 3 is 2.22 bits per heavy atom. The highest BCUT2D eigenvalue weighted by Gasteiger charge is 2.63. The Morgan fingerprint density at radius 2 is 1.60 bits per heavy atom. The predicted molar refractivity (Wildman–Crippen MR) is 209 cm³/mol. The standard InChI is InChI=1S/C39H55N6O12P/c1-10-50-17-18-51-19-20-52-37(48)26(6)44-58(49,57-28-13-11-27(12-14-28)38(7,8)9)53-21-30-32(54-35(46)24(2)3)33(55-36(47)25(4)5)39(22-40,56-30)31-16-15-29-34(41)42-23-43-45(29)31/h11-16,23-26,30,32-33H,10,17-21H2,1-9H3,(H,44,49)(H2,41,42,43)/t26-,30+,32+,33+,39-,58?/m0/s1. The van der Waals surface area contributed by atoms with E-state index in [4.69, 9.17) is 43.2 Å². The van der Waals surface area contributed by atoms with E-state index in [1.54, 1.807) is 58.0 Å². The summed E-state index contributed by atoms with van der Waals surface area (Å²) >= 11 is 0. The second kappa shape index (κ2) is 19.9. The number of ether oxygens (including phenoxy) is 6. The van der Waals surface area contributed by atoms with E-state index in [1.807, 2.05) is 27.7 Å². The smallest absolute Gasteiger partial charge is 0.459 e. The average Bonchev–Trinajstić information content (AvgIpc) is 3.73. The fraction of sp³-hybridized carbons (Fsp3) is 0.590. The van der Waals surface area contributed by atoms with Crippen molar-refractivity contribution in [3.05, 3.63) is 54.0 Å². The van der Waals surface area contributed by atoms with Crippen LogP contribution in [0.3, 0.4) is 0 Å². The molecule has 3 N–H and O–H groups in total. The lowest BCUT2D eigenvalue weighted by atomic mass is 9.87. The number of nitrogens with zero attached hydrogens (tertiary/aromatic N) is 4. The van der Waals surface area contributed by atoms with Crippen molar-refractivity contribution in [1.29, 1.82) is 5.26 Å². The zero-order valence-corrected chi connectivity index (χ0v) is 35.4. The van der Waals surface area contributed by atoms with Gasteiger partial charge in [-0.1, -0.05) is 60.6 Å². The van der Waals surface area contributed by atoms with Crippen LogP contribution in [0.1, 0.15) is 73.6 Å². The number of fused-ring (bicyclic) bond motifs is 1. The molecular formula is C39H55N6O12P. The van der Waals surface area contributed by atoms with Gasteiger partial charge in [-0.15, -0.1) is 0 Å². The van der Waals surface area contributed by atoms with E-state index in [2.05, 4.69) is 21.2 Å². The van der Waals surface area contributed by atoms with Crippen molar-refractivity contribution in [2.45, 2.75) is 97.7 Å². The summed E-state index contributed by atoms with van der Waals surface area (Å²) in [6.45, 7) is 16.3. The largest absolute Gasteiger partial charge is 0.462 e. The molecule has 0 amide bonds. The fourth-order valence-corrected chi connectivity index (χ4v) is 7.23. The summed E-state index contributed by atoms with van der Waals surface area (Å²) in [4.78, 5) is 43.6. The van der Waals surface area contributed by atoms with E-state index in [0.717, 1.165) is 5.56 Å². The van der Waals surface area contributed by atoms with E-state index < -0.39 is 74.1 Å². The maximum atomic E-state index is 14.7. The number of anilines is 1. The molecule has 0 saturated carbocycles. The second-order valence-corrected chi connectivity index (χ2v) is 16.9. The highest BCUT2D eigenvalue weighted by atomic mass is 31.2. The first-order valence-electron chi connectivity index (χ1n) is 19.1. The van der Waals surface area contributed by atoms with Gasteiger partial charge in [0.15, 0.2) is 18.0 Å². The molecule has 3 heterocycles. The minimum absolute atomic E-state index is 0.0727. The normalized spacial score (nSPS) is 21.0. The average molecular weight is 831 g/mol. The summed E-state index contributed by atoms with van der Waals surface area (Å²) in [7, 11) is -4.57. The Balaban J connectivity index is 1.71. The third-order valence-corrected chi connectivity index (χ3v) is 10.6. The molecule has 1 aliphatic heterocycles. The topological polar surface area (TPSA) is 234 Å². The van der Waals surface area contributed by atoms with Crippen LogP contribution >= 0.6 is 7.75 Å². The summed E-state index contributed by atoms with van der Waals surface area (Å²) in [5, 5.41) is 17.8. The summed E-state index contributed by atoms with van der Waals surface area (Å²) in [5.41, 5.74) is 5.08. The number of benzene rings is 1. The molecule has 1 aromatic carbocycles. The van der Waals surface area contributed by atoms with Crippen LogP contribution in [-0.2, 0) is 62.9 Å². The van der Waals surface area contributed by atoms with Crippen LogP contribution in [0, 0.1) is 23.2 Å². The zero-order valence-electron chi connectivity index (χ0n) is 34.5. The second-order valence-electron chi connectivity index (χ2n) is 15.2. The van der Waals surface area contributed by atoms with Crippen molar-refractivity contribution in [3.63, 3.8) is 0 Å². The maximum Gasteiger partial charge on any atom is 0.459 e. The van der Waals surface area contributed by atoms with Gasteiger partial charge in [0.2, 0.25) is 5.60 Å². The Kier molecular flexibility index (Phi) is 15.8. The first-order valence-corrected chi connectivity index (χ1v) is 20.6. The summed E-state index contributed by atoms with van der Waals surface area (Å²) in [6.07, 6.45) is -3.34. The number of nitrogens with one attached hydrogen (secondary N) is 1. The van der Waals surface area contributed by atoms with E-state index in [1.165, 1.54) is 23.8 Å². The van der Waals surface area contributed by atoms with Crippen LogP contribution in [0.25, 0.3) is 5.52 Å². The summed E-state index contributed by atoms with van der Waals surface area (Å²) < 4.78 is 62.3. The molecule has 18 nitrogen and oxygen atoms in total. The number of aromatic nitrogens is 3. The highest BCUT2D eigenvalue weighted by Crippen LogP contribution is 2.49. The van der Waals surface area contributed by atoms with Gasteiger partial charge < -0.3 is 38.7 Å².